The molecule has 1 amide bonds. The minimum Gasteiger partial charge on any atom is -0.493 e. The first-order valence-corrected chi connectivity index (χ1v) is 11.3. The number of anilines is 2. The van der Waals surface area contributed by atoms with Gasteiger partial charge in [-0.2, -0.15) is 0 Å². The highest BCUT2D eigenvalue weighted by Gasteiger charge is 2.19. The molecule has 1 aliphatic heterocycles. The van der Waals surface area contributed by atoms with Crippen molar-refractivity contribution in [2.24, 2.45) is 0 Å². The molecule has 0 bridgehead atoms. The Hall–Kier alpha value is -3.22. The monoisotopic (exact) mass is 465 g/mol. The van der Waals surface area contributed by atoms with E-state index >= 15 is 0 Å². The third-order valence-electron chi connectivity index (χ3n) is 5.99. The SMILES string of the molecule is COc1cc2c(cc1OC)CN(CCc1ccc(NC(=O)c3cc(Cl)ccc3N)cc1)CC2. The molecule has 3 N–H and O–H groups in total. The lowest BCUT2D eigenvalue weighted by molar-refractivity contribution is 0.102. The van der Waals surface area contributed by atoms with Crippen LogP contribution in [0.15, 0.2) is 54.6 Å². The van der Waals surface area contributed by atoms with Gasteiger partial charge in [-0.1, -0.05) is 23.7 Å². The quantitative estimate of drug-likeness (QED) is 0.490. The third kappa shape index (κ3) is 5.41. The van der Waals surface area contributed by atoms with Crippen molar-refractivity contribution in [2.45, 2.75) is 19.4 Å². The number of rotatable bonds is 7. The van der Waals surface area contributed by atoms with Crippen LogP contribution in [0.1, 0.15) is 27.0 Å². The van der Waals surface area contributed by atoms with Gasteiger partial charge in [0.1, 0.15) is 0 Å². The van der Waals surface area contributed by atoms with E-state index in [1.165, 1.54) is 16.7 Å². The molecule has 172 valence electrons. The molecule has 1 heterocycles. The normalized spacial score (nSPS) is 13.3. The number of ether oxygens (including phenoxy) is 2. The standard InChI is InChI=1S/C26H28ClN3O3/c1-32-24-13-18-10-12-30(16-19(18)14-25(24)33-2)11-9-17-3-6-21(7-4-17)29-26(31)22-15-20(27)5-8-23(22)28/h3-8,13-15H,9-12,16,28H2,1-2H3,(H,29,31). The number of hydrogen-bond acceptors (Lipinski definition) is 5. The molecule has 33 heavy (non-hydrogen) atoms. The Morgan fingerprint density at radius 3 is 2.42 bits per heavy atom. The minimum absolute atomic E-state index is 0.276. The van der Waals surface area contributed by atoms with Gasteiger partial charge in [-0.15, -0.1) is 0 Å². The maximum Gasteiger partial charge on any atom is 0.257 e. The molecule has 7 heteroatoms. The minimum atomic E-state index is -0.276. The largest absolute Gasteiger partial charge is 0.493 e. The average molecular weight is 466 g/mol. The van der Waals surface area contributed by atoms with Gasteiger partial charge in [0, 0.05) is 36.0 Å². The summed E-state index contributed by atoms with van der Waals surface area (Å²) in [4.78, 5) is 15.0. The number of nitrogens with zero attached hydrogens (tertiary/aromatic N) is 1. The Labute approximate surface area is 199 Å². The molecule has 0 spiro atoms. The average Bonchev–Trinajstić information content (AvgIpc) is 2.84. The first-order valence-electron chi connectivity index (χ1n) is 10.9. The summed E-state index contributed by atoms with van der Waals surface area (Å²) in [5.74, 6) is 1.28. The lowest BCUT2D eigenvalue weighted by Crippen LogP contribution is -2.32. The van der Waals surface area contributed by atoms with Crippen LogP contribution in [0.4, 0.5) is 11.4 Å². The number of hydrogen-bond donors (Lipinski definition) is 2. The number of nitrogens with two attached hydrogens (primary N) is 1. The second kappa shape index (κ2) is 10.1. The molecule has 0 aromatic heterocycles. The molecule has 6 nitrogen and oxygen atoms in total. The summed E-state index contributed by atoms with van der Waals surface area (Å²) in [7, 11) is 3.34. The van der Waals surface area contributed by atoms with Crippen LogP contribution in [0.25, 0.3) is 0 Å². The second-order valence-electron chi connectivity index (χ2n) is 8.13. The van der Waals surface area contributed by atoms with Crippen molar-refractivity contribution in [1.29, 1.82) is 0 Å². The van der Waals surface area contributed by atoms with Crippen LogP contribution in [0, 0.1) is 0 Å². The molecule has 4 rings (SSSR count). The van der Waals surface area contributed by atoms with E-state index in [-0.39, 0.29) is 5.91 Å². The number of halogens is 1. The highest BCUT2D eigenvalue weighted by molar-refractivity contribution is 6.31. The molecule has 0 atom stereocenters. The van der Waals surface area contributed by atoms with E-state index in [9.17, 15) is 4.79 Å². The highest BCUT2D eigenvalue weighted by atomic mass is 35.5. The van der Waals surface area contributed by atoms with E-state index in [1.54, 1.807) is 32.4 Å². The van der Waals surface area contributed by atoms with Crippen LogP contribution >= 0.6 is 11.6 Å². The maximum absolute atomic E-state index is 12.5. The molecule has 0 radical (unpaired) electrons. The van der Waals surface area contributed by atoms with Crippen molar-refractivity contribution in [3.63, 3.8) is 0 Å². The number of methoxy groups -OCH3 is 2. The van der Waals surface area contributed by atoms with Gasteiger partial charge in [-0.25, -0.2) is 0 Å². The second-order valence-corrected chi connectivity index (χ2v) is 8.57. The number of fused-ring (bicyclic) bond motifs is 1. The fourth-order valence-corrected chi connectivity index (χ4v) is 4.27. The van der Waals surface area contributed by atoms with Crippen molar-refractivity contribution >= 4 is 28.9 Å². The molecule has 0 aliphatic carbocycles. The van der Waals surface area contributed by atoms with Gasteiger partial charge in [0.25, 0.3) is 5.91 Å². The zero-order valence-electron chi connectivity index (χ0n) is 18.9. The Morgan fingerprint density at radius 1 is 1.03 bits per heavy atom. The maximum atomic E-state index is 12.5. The van der Waals surface area contributed by atoms with E-state index in [0.717, 1.165) is 49.7 Å². The van der Waals surface area contributed by atoms with E-state index < -0.39 is 0 Å². The molecule has 0 unspecified atom stereocenters. The smallest absolute Gasteiger partial charge is 0.257 e. The van der Waals surface area contributed by atoms with E-state index in [1.807, 2.05) is 24.3 Å². The molecule has 0 saturated carbocycles. The number of nitrogens with one attached hydrogen (secondary N) is 1. The van der Waals surface area contributed by atoms with Crippen molar-refractivity contribution < 1.29 is 14.3 Å². The van der Waals surface area contributed by atoms with Crippen LogP contribution in [0.3, 0.4) is 0 Å². The Bertz CT molecular complexity index is 1150. The highest BCUT2D eigenvalue weighted by Crippen LogP contribution is 2.33. The zero-order valence-corrected chi connectivity index (χ0v) is 19.6. The summed E-state index contributed by atoms with van der Waals surface area (Å²) in [5.41, 5.74) is 11.2. The topological polar surface area (TPSA) is 76.8 Å². The summed E-state index contributed by atoms with van der Waals surface area (Å²) in [6.45, 7) is 2.86. The molecule has 0 saturated heterocycles. The van der Waals surface area contributed by atoms with E-state index in [4.69, 9.17) is 26.8 Å². The molecular formula is C26H28ClN3O3. The van der Waals surface area contributed by atoms with Crippen molar-refractivity contribution in [3.8, 4) is 11.5 Å². The lowest BCUT2D eigenvalue weighted by Gasteiger charge is -2.29. The van der Waals surface area contributed by atoms with Gasteiger partial charge >= 0.3 is 0 Å². The van der Waals surface area contributed by atoms with Gasteiger partial charge in [-0.05, 0) is 72.0 Å². The molecule has 0 fully saturated rings. The van der Waals surface area contributed by atoms with Crippen molar-refractivity contribution in [3.05, 3.63) is 81.9 Å². The van der Waals surface area contributed by atoms with Gasteiger partial charge in [0.2, 0.25) is 0 Å². The third-order valence-corrected chi connectivity index (χ3v) is 6.22. The van der Waals surface area contributed by atoms with Crippen LogP contribution < -0.4 is 20.5 Å². The predicted molar refractivity (Wildman–Crippen MR) is 132 cm³/mol. The zero-order chi connectivity index (χ0) is 23.4. The molecule has 1 aliphatic rings. The number of carbonyl (C=O) groups is 1. The van der Waals surface area contributed by atoms with Gasteiger partial charge in [0.05, 0.1) is 19.8 Å². The summed E-state index contributed by atoms with van der Waals surface area (Å²) in [5, 5.41) is 3.35. The fraction of sp³-hybridized carbons (Fsp3) is 0.269. The van der Waals surface area contributed by atoms with E-state index in [0.29, 0.717) is 16.3 Å². The summed E-state index contributed by atoms with van der Waals surface area (Å²) in [6.07, 6.45) is 1.92. The fourth-order valence-electron chi connectivity index (χ4n) is 4.10. The summed E-state index contributed by atoms with van der Waals surface area (Å²) < 4.78 is 10.9. The van der Waals surface area contributed by atoms with Gasteiger partial charge in [0.15, 0.2) is 11.5 Å². The van der Waals surface area contributed by atoms with Crippen LogP contribution in [0.5, 0.6) is 11.5 Å². The van der Waals surface area contributed by atoms with E-state index in [2.05, 4.69) is 22.3 Å². The number of carbonyl (C=O) groups excluding carboxylic acids is 1. The first-order chi connectivity index (χ1) is 16.0. The number of amides is 1. The Morgan fingerprint density at radius 2 is 1.73 bits per heavy atom. The predicted octanol–water partition coefficient (Wildman–Crippen LogP) is 4.79. The van der Waals surface area contributed by atoms with Crippen molar-refractivity contribution in [2.75, 3.05) is 38.4 Å². The van der Waals surface area contributed by atoms with Gasteiger partial charge < -0.3 is 20.5 Å². The number of nitrogen functional groups attached to an aromatic ring is 1. The van der Waals surface area contributed by atoms with Gasteiger partial charge in [-0.3, -0.25) is 9.69 Å². The summed E-state index contributed by atoms with van der Waals surface area (Å²) in [6, 6.07) is 17.0. The Balaban J connectivity index is 1.34. The van der Waals surface area contributed by atoms with Crippen molar-refractivity contribution in [1.82, 2.24) is 4.90 Å². The summed E-state index contributed by atoms with van der Waals surface area (Å²) >= 11 is 5.99. The van der Waals surface area contributed by atoms with Crippen LogP contribution in [-0.4, -0.2) is 38.1 Å². The van der Waals surface area contributed by atoms with Crippen LogP contribution in [0.2, 0.25) is 5.02 Å². The molecule has 3 aromatic carbocycles. The number of benzene rings is 3. The van der Waals surface area contributed by atoms with Crippen LogP contribution in [-0.2, 0) is 19.4 Å². The lowest BCUT2D eigenvalue weighted by atomic mass is 9.98. The molecule has 3 aromatic rings. The first kappa shape index (κ1) is 23.0. The molecular weight excluding hydrogens is 438 g/mol. The Kier molecular flexibility index (Phi) is 7.06.